The minimum absolute atomic E-state index is 0.144. The van der Waals surface area contributed by atoms with E-state index in [1.54, 1.807) is 0 Å². The van der Waals surface area contributed by atoms with Crippen molar-refractivity contribution in [3.63, 3.8) is 0 Å². The fraction of sp³-hybridized carbons (Fsp3) is 0.400. The number of benzene rings is 1. The molecule has 5 rings (SSSR count). The first-order chi connectivity index (χ1) is 13.8. The number of aromatic nitrogens is 3. The molecule has 6 nitrogen and oxygen atoms in total. The number of hydrogen-bond donors (Lipinski definition) is 2. The number of nitrogens with zero attached hydrogens (tertiary/aromatic N) is 4. The summed E-state index contributed by atoms with van der Waals surface area (Å²) in [5, 5.41) is 9.75. The second kappa shape index (κ2) is 6.43. The maximum atomic E-state index is 13.2. The van der Waals surface area contributed by atoms with E-state index in [1.807, 2.05) is 18.2 Å². The molecular formula is C20H20F3N5O. The summed E-state index contributed by atoms with van der Waals surface area (Å²) < 4.78 is 40.8. The van der Waals surface area contributed by atoms with Gasteiger partial charge in [-0.1, -0.05) is 12.1 Å². The molecule has 0 bridgehead atoms. The Morgan fingerprint density at radius 2 is 1.97 bits per heavy atom. The smallest absolute Gasteiger partial charge is 0.395 e. The van der Waals surface area contributed by atoms with Crippen LogP contribution in [0.2, 0.25) is 0 Å². The van der Waals surface area contributed by atoms with Crippen LogP contribution in [0.4, 0.5) is 19.0 Å². The first kappa shape index (κ1) is 18.4. The van der Waals surface area contributed by atoms with E-state index in [0.717, 1.165) is 43.3 Å². The van der Waals surface area contributed by atoms with Crippen LogP contribution in [-0.2, 0) is 19.3 Å². The maximum Gasteiger partial charge on any atom is 0.434 e. The maximum absolute atomic E-state index is 13.2. The van der Waals surface area contributed by atoms with Crippen molar-refractivity contribution < 1.29 is 18.3 Å². The van der Waals surface area contributed by atoms with Gasteiger partial charge in [0, 0.05) is 30.9 Å². The Kier molecular flexibility index (Phi) is 4.08. The van der Waals surface area contributed by atoms with Crippen LogP contribution in [0.1, 0.15) is 29.7 Å². The third-order valence-electron chi connectivity index (χ3n) is 5.88. The highest BCUT2D eigenvalue weighted by Crippen LogP contribution is 2.39. The Bertz CT molecular complexity index is 1090. The quantitative estimate of drug-likeness (QED) is 0.700. The molecule has 1 aromatic carbocycles. The zero-order chi connectivity index (χ0) is 20.3. The number of anilines is 1. The lowest BCUT2D eigenvalue weighted by molar-refractivity contribution is -0.141. The van der Waals surface area contributed by atoms with E-state index in [-0.39, 0.29) is 24.1 Å². The summed E-state index contributed by atoms with van der Waals surface area (Å²) >= 11 is 0. The molecule has 3 N–H and O–H groups in total. The SMILES string of the molecule is Nc1nc(C(F)(F)F)cn2c(-c3ccc4c(c3)CN(C(CO)C3CC3)C4)cnc12. The Balaban J connectivity index is 1.52. The average Bonchev–Trinajstić information content (AvgIpc) is 3.26. The molecule has 1 fully saturated rings. The molecule has 29 heavy (non-hydrogen) atoms. The van der Waals surface area contributed by atoms with Gasteiger partial charge in [-0.3, -0.25) is 9.30 Å². The van der Waals surface area contributed by atoms with Crippen molar-refractivity contribution in [3.05, 3.63) is 47.4 Å². The zero-order valence-corrected chi connectivity index (χ0v) is 15.5. The molecule has 0 spiro atoms. The molecule has 0 radical (unpaired) electrons. The van der Waals surface area contributed by atoms with Crippen molar-refractivity contribution in [1.82, 2.24) is 19.3 Å². The van der Waals surface area contributed by atoms with Gasteiger partial charge in [-0.05, 0) is 36.0 Å². The zero-order valence-electron chi connectivity index (χ0n) is 15.5. The standard InChI is InChI=1S/C20H20F3N5O/c21-20(22,23)17-9-28-15(6-25-19(28)18(24)26-17)12-3-4-13-7-27(8-14(13)5-12)16(10-29)11-1-2-11/h3-6,9,11,16,29H,1-2,7-8,10H2,(H2,24,26). The van der Waals surface area contributed by atoms with Gasteiger partial charge in [0.15, 0.2) is 17.2 Å². The number of fused-ring (bicyclic) bond motifs is 2. The normalized spacial score (nSPS) is 18.3. The largest absolute Gasteiger partial charge is 0.434 e. The van der Waals surface area contributed by atoms with E-state index in [9.17, 15) is 18.3 Å². The predicted molar refractivity (Wildman–Crippen MR) is 101 cm³/mol. The number of rotatable bonds is 4. The van der Waals surface area contributed by atoms with E-state index >= 15 is 0 Å². The number of halogens is 3. The molecule has 1 saturated carbocycles. The first-order valence-electron chi connectivity index (χ1n) is 9.53. The fourth-order valence-electron chi connectivity index (χ4n) is 4.22. The molecule has 0 saturated heterocycles. The van der Waals surface area contributed by atoms with Crippen LogP contribution in [0.15, 0.2) is 30.6 Å². The number of alkyl halides is 3. The van der Waals surface area contributed by atoms with Crippen LogP contribution >= 0.6 is 0 Å². The van der Waals surface area contributed by atoms with Gasteiger partial charge in [0.2, 0.25) is 0 Å². The van der Waals surface area contributed by atoms with Gasteiger partial charge in [0.05, 0.1) is 18.5 Å². The van der Waals surface area contributed by atoms with Crippen molar-refractivity contribution in [1.29, 1.82) is 0 Å². The average molecular weight is 403 g/mol. The monoisotopic (exact) mass is 403 g/mol. The second-order valence-electron chi connectivity index (χ2n) is 7.82. The summed E-state index contributed by atoms with van der Waals surface area (Å²) in [6.45, 7) is 1.64. The van der Waals surface area contributed by atoms with Crippen LogP contribution in [-0.4, -0.2) is 37.0 Å². The highest BCUT2D eigenvalue weighted by atomic mass is 19.4. The van der Waals surface area contributed by atoms with Gasteiger partial charge in [-0.15, -0.1) is 0 Å². The van der Waals surface area contributed by atoms with E-state index in [0.29, 0.717) is 11.6 Å². The Morgan fingerprint density at radius 3 is 2.66 bits per heavy atom. The van der Waals surface area contributed by atoms with Crippen LogP contribution in [0.25, 0.3) is 16.9 Å². The van der Waals surface area contributed by atoms with Crippen molar-refractivity contribution in [3.8, 4) is 11.3 Å². The summed E-state index contributed by atoms with van der Waals surface area (Å²) in [7, 11) is 0. The van der Waals surface area contributed by atoms with Gasteiger partial charge in [-0.2, -0.15) is 13.2 Å². The molecule has 9 heteroatoms. The number of nitrogens with two attached hydrogens (primary N) is 1. The van der Waals surface area contributed by atoms with Crippen molar-refractivity contribution in [2.75, 3.05) is 12.3 Å². The van der Waals surface area contributed by atoms with Crippen molar-refractivity contribution >= 4 is 11.5 Å². The van der Waals surface area contributed by atoms with Crippen molar-refractivity contribution in [2.45, 2.75) is 38.1 Å². The Hall–Kier alpha value is -2.65. The van der Waals surface area contributed by atoms with Crippen LogP contribution in [0, 0.1) is 5.92 Å². The summed E-state index contributed by atoms with van der Waals surface area (Å²) in [6, 6.07) is 6.05. The van der Waals surface area contributed by atoms with Crippen LogP contribution in [0.5, 0.6) is 0 Å². The van der Waals surface area contributed by atoms with Gasteiger partial charge in [-0.25, -0.2) is 9.97 Å². The minimum Gasteiger partial charge on any atom is -0.395 e. The molecule has 2 aliphatic rings. The molecule has 1 aliphatic heterocycles. The van der Waals surface area contributed by atoms with E-state index in [4.69, 9.17) is 5.73 Å². The lowest BCUT2D eigenvalue weighted by atomic mass is 10.0. The second-order valence-corrected chi connectivity index (χ2v) is 7.82. The molecule has 1 aliphatic carbocycles. The molecular weight excluding hydrogens is 383 g/mol. The lowest BCUT2D eigenvalue weighted by Gasteiger charge is -2.25. The van der Waals surface area contributed by atoms with Crippen molar-refractivity contribution in [2.24, 2.45) is 5.92 Å². The molecule has 0 amide bonds. The Labute approximate surface area is 164 Å². The van der Waals surface area contributed by atoms with E-state index in [1.165, 1.54) is 16.2 Å². The van der Waals surface area contributed by atoms with E-state index < -0.39 is 11.9 Å². The van der Waals surface area contributed by atoms with Gasteiger partial charge >= 0.3 is 6.18 Å². The van der Waals surface area contributed by atoms with Crippen LogP contribution in [0.3, 0.4) is 0 Å². The van der Waals surface area contributed by atoms with Gasteiger partial charge < -0.3 is 10.8 Å². The van der Waals surface area contributed by atoms with E-state index in [2.05, 4.69) is 14.9 Å². The van der Waals surface area contributed by atoms with Gasteiger partial charge in [0.1, 0.15) is 0 Å². The highest BCUT2D eigenvalue weighted by molar-refractivity contribution is 5.70. The molecule has 3 heterocycles. The molecule has 2 aromatic heterocycles. The molecule has 1 unspecified atom stereocenters. The highest BCUT2D eigenvalue weighted by Gasteiger charge is 2.37. The predicted octanol–water partition coefficient (Wildman–Crippen LogP) is 3.08. The third kappa shape index (κ3) is 3.14. The molecule has 1 atom stereocenters. The third-order valence-corrected chi connectivity index (χ3v) is 5.88. The fourth-order valence-corrected chi connectivity index (χ4v) is 4.22. The molecule has 3 aromatic rings. The number of aliphatic hydroxyl groups is 1. The summed E-state index contributed by atoms with van der Waals surface area (Å²) in [5.74, 6) is 0.303. The number of aliphatic hydroxyl groups excluding tert-OH is 1. The van der Waals surface area contributed by atoms with Gasteiger partial charge in [0.25, 0.3) is 0 Å². The number of nitrogen functional groups attached to an aromatic ring is 1. The van der Waals surface area contributed by atoms with Crippen LogP contribution < -0.4 is 5.73 Å². The number of hydrogen-bond acceptors (Lipinski definition) is 5. The summed E-state index contributed by atoms with van der Waals surface area (Å²) in [5.41, 5.74) is 8.45. The summed E-state index contributed by atoms with van der Waals surface area (Å²) in [6.07, 6.45) is 0.166. The Morgan fingerprint density at radius 1 is 1.21 bits per heavy atom. The lowest BCUT2D eigenvalue weighted by Crippen LogP contribution is -2.35. The minimum atomic E-state index is -4.59. The number of imidazole rings is 1. The topological polar surface area (TPSA) is 79.7 Å². The summed E-state index contributed by atoms with van der Waals surface area (Å²) in [4.78, 5) is 9.88. The molecule has 152 valence electrons. The first-order valence-corrected chi connectivity index (χ1v) is 9.53.